The minimum atomic E-state index is -3.90. The van der Waals surface area contributed by atoms with Crippen molar-refractivity contribution in [3.8, 4) is 0 Å². The molecule has 1 amide bonds. The summed E-state index contributed by atoms with van der Waals surface area (Å²) in [5.41, 5.74) is 4.81. The van der Waals surface area contributed by atoms with E-state index in [1.165, 1.54) is 6.92 Å². The van der Waals surface area contributed by atoms with Crippen LogP contribution in [-0.2, 0) is 14.8 Å². The number of primary amides is 1. The van der Waals surface area contributed by atoms with E-state index < -0.39 is 28.4 Å². The van der Waals surface area contributed by atoms with Crippen molar-refractivity contribution in [3.05, 3.63) is 15.8 Å². The first-order chi connectivity index (χ1) is 7.74. The van der Waals surface area contributed by atoms with Gasteiger partial charge in [0.25, 0.3) is 0 Å². The van der Waals surface area contributed by atoms with Gasteiger partial charge in [0.1, 0.15) is 4.88 Å². The standard InChI is InChI=1S/C8H10N2O5S2/c1-4-6(2-5(16-4)8(12)13)17(14,15)10-3-7(9)11/h2,10H,3H2,1H3,(H2,9,11)(H,12,13). The lowest BCUT2D eigenvalue weighted by atomic mass is 10.4. The van der Waals surface area contributed by atoms with E-state index in [0.717, 1.165) is 17.4 Å². The number of nitrogens with one attached hydrogen (secondary N) is 1. The topological polar surface area (TPSA) is 127 Å². The molecule has 1 aromatic rings. The van der Waals surface area contributed by atoms with Crippen LogP contribution < -0.4 is 10.5 Å². The SMILES string of the molecule is Cc1sc(C(=O)O)cc1S(=O)(=O)NCC(N)=O. The maximum atomic E-state index is 11.7. The largest absolute Gasteiger partial charge is 0.477 e. The van der Waals surface area contributed by atoms with E-state index in [2.05, 4.69) is 0 Å². The number of rotatable bonds is 5. The Hall–Kier alpha value is -1.45. The zero-order valence-corrected chi connectivity index (χ0v) is 10.4. The summed E-state index contributed by atoms with van der Waals surface area (Å²) in [6.07, 6.45) is 0. The number of aryl methyl sites for hydroxylation is 1. The number of nitrogens with two attached hydrogens (primary N) is 1. The number of amides is 1. The summed E-state index contributed by atoms with van der Waals surface area (Å²) in [5.74, 6) is -2.02. The molecule has 94 valence electrons. The van der Waals surface area contributed by atoms with Gasteiger partial charge in [0.15, 0.2) is 0 Å². The van der Waals surface area contributed by atoms with Gasteiger partial charge in [-0.2, -0.15) is 0 Å². The maximum Gasteiger partial charge on any atom is 0.345 e. The van der Waals surface area contributed by atoms with Crippen molar-refractivity contribution in [1.82, 2.24) is 4.72 Å². The van der Waals surface area contributed by atoms with Crippen LogP contribution in [0.5, 0.6) is 0 Å². The van der Waals surface area contributed by atoms with Gasteiger partial charge in [-0.25, -0.2) is 17.9 Å². The van der Waals surface area contributed by atoms with Gasteiger partial charge in [-0.15, -0.1) is 11.3 Å². The smallest absolute Gasteiger partial charge is 0.345 e. The summed E-state index contributed by atoms with van der Waals surface area (Å²) in [6, 6.07) is 1.05. The molecule has 17 heavy (non-hydrogen) atoms. The lowest BCUT2D eigenvalue weighted by molar-refractivity contribution is -0.116. The molecule has 1 heterocycles. The van der Waals surface area contributed by atoms with Crippen LogP contribution in [0.3, 0.4) is 0 Å². The lowest BCUT2D eigenvalue weighted by Crippen LogP contribution is -2.33. The van der Waals surface area contributed by atoms with Crippen molar-refractivity contribution < 1.29 is 23.1 Å². The molecule has 0 saturated heterocycles. The average Bonchev–Trinajstić information content (AvgIpc) is 2.58. The van der Waals surface area contributed by atoms with E-state index in [4.69, 9.17) is 10.8 Å². The van der Waals surface area contributed by atoms with Gasteiger partial charge in [0, 0.05) is 4.88 Å². The van der Waals surface area contributed by atoms with Crippen molar-refractivity contribution in [1.29, 1.82) is 0 Å². The number of carboxylic acids is 1. The van der Waals surface area contributed by atoms with Crippen LogP contribution in [0.2, 0.25) is 0 Å². The van der Waals surface area contributed by atoms with E-state index in [1.807, 2.05) is 4.72 Å². The number of carbonyl (C=O) groups excluding carboxylic acids is 1. The molecule has 1 rings (SSSR count). The van der Waals surface area contributed by atoms with Crippen LogP contribution in [0.1, 0.15) is 14.5 Å². The minimum absolute atomic E-state index is 0.0815. The third-order valence-corrected chi connectivity index (χ3v) is 4.50. The molecular formula is C8H10N2O5S2. The summed E-state index contributed by atoms with van der Waals surface area (Å²) < 4.78 is 25.4. The van der Waals surface area contributed by atoms with Crippen molar-refractivity contribution >= 4 is 33.2 Å². The highest BCUT2D eigenvalue weighted by molar-refractivity contribution is 7.89. The number of hydrogen-bond acceptors (Lipinski definition) is 5. The number of aromatic carboxylic acids is 1. The summed E-state index contributed by atoms with van der Waals surface area (Å²) in [4.78, 5) is 21.3. The molecule has 9 heteroatoms. The molecule has 0 aliphatic heterocycles. The summed E-state index contributed by atoms with van der Waals surface area (Å²) >= 11 is 0.849. The Morgan fingerprint density at radius 1 is 1.53 bits per heavy atom. The third-order valence-electron chi connectivity index (χ3n) is 1.81. The number of thiophene rings is 1. The molecule has 1 aromatic heterocycles. The van der Waals surface area contributed by atoms with Gasteiger partial charge in [0.2, 0.25) is 15.9 Å². The Morgan fingerprint density at radius 2 is 2.12 bits per heavy atom. The zero-order chi connectivity index (χ0) is 13.2. The Bertz CT molecular complexity index is 560. The fourth-order valence-corrected chi connectivity index (χ4v) is 3.50. The molecule has 0 saturated carbocycles. The average molecular weight is 278 g/mol. The van der Waals surface area contributed by atoms with Crippen molar-refractivity contribution in [2.45, 2.75) is 11.8 Å². The number of hydrogen-bond donors (Lipinski definition) is 3. The highest BCUT2D eigenvalue weighted by Gasteiger charge is 2.22. The Balaban J connectivity index is 3.07. The lowest BCUT2D eigenvalue weighted by Gasteiger charge is -2.03. The first-order valence-corrected chi connectivity index (χ1v) is 6.65. The number of sulfonamides is 1. The van der Waals surface area contributed by atoms with Crippen molar-refractivity contribution in [2.75, 3.05) is 6.54 Å². The predicted molar refractivity (Wildman–Crippen MR) is 60.4 cm³/mol. The monoisotopic (exact) mass is 278 g/mol. The second-order valence-corrected chi connectivity index (χ2v) is 6.12. The van der Waals surface area contributed by atoms with E-state index in [9.17, 15) is 18.0 Å². The Kier molecular flexibility index (Phi) is 3.86. The van der Waals surface area contributed by atoms with Gasteiger partial charge in [-0.3, -0.25) is 4.79 Å². The molecule has 0 spiro atoms. The quantitative estimate of drug-likeness (QED) is 0.670. The zero-order valence-electron chi connectivity index (χ0n) is 8.76. The molecule has 4 N–H and O–H groups in total. The molecule has 0 bridgehead atoms. The molecule has 0 atom stereocenters. The van der Waals surface area contributed by atoms with E-state index in [1.54, 1.807) is 0 Å². The third kappa shape index (κ3) is 3.25. The molecule has 0 aliphatic carbocycles. The summed E-state index contributed by atoms with van der Waals surface area (Å²) in [7, 11) is -3.90. The summed E-state index contributed by atoms with van der Waals surface area (Å²) in [6.45, 7) is 0.954. The van der Waals surface area contributed by atoms with E-state index in [-0.39, 0.29) is 9.77 Å². The molecule has 0 aromatic carbocycles. The van der Waals surface area contributed by atoms with Crippen molar-refractivity contribution in [3.63, 3.8) is 0 Å². The molecule has 0 radical (unpaired) electrons. The molecule has 0 fully saturated rings. The van der Waals surface area contributed by atoms with Gasteiger partial charge < -0.3 is 10.8 Å². The van der Waals surface area contributed by atoms with Crippen LogP contribution in [-0.4, -0.2) is 31.9 Å². The highest BCUT2D eigenvalue weighted by atomic mass is 32.2. The molecular weight excluding hydrogens is 268 g/mol. The second kappa shape index (κ2) is 4.82. The van der Waals surface area contributed by atoms with Gasteiger partial charge in [-0.05, 0) is 13.0 Å². The molecule has 0 aliphatic rings. The van der Waals surface area contributed by atoms with Gasteiger partial charge in [0.05, 0.1) is 11.4 Å². The van der Waals surface area contributed by atoms with Crippen LogP contribution in [0.4, 0.5) is 0 Å². The normalized spacial score (nSPS) is 11.4. The maximum absolute atomic E-state index is 11.7. The predicted octanol–water partition coefficient (Wildman–Crippen LogP) is -0.482. The van der Waals surface area contributed by atoms with Crippen molar-refractivity contribution in [2.24, 2.45) is 5.73 Å². The first kappa shape index (κ1) is 13.6. The first-order valence-electron chi connectivity index (χ1n) is 4.35. The summed E-state index contributed by atoms with van der Waals surface area (Å²) in [5, 5.41) is 8.73. The number of carboxylic acid groups (broad SMARTS) is 1. The highest BCUT2D eigenvalue weighted by Crippen LogP contribution is 2.25. The van der Waals surface area contributed by atoms with E-state index >= 15 is 0 Å². The Morgan fingerprint density at radius 3 is 2.53 bits per heavy atom. The van der Waals surface area contributed by atoms with Crippen LogP contribution >= 0.6 is 11.3 Å². The molecule has 0 unspecified atom stereocenters. The van der Waals surface area contributed by atoms with Crippen LogP contribution in [0, 0.1) is 6.92 Å². The fraction of sp³-hybridized carbons (Fsp3) is 0.250. The molecule has 7 nitrogen and oxygen atoms in total. The minimum Gasteiger partial charge on any atom is -0.477 e. The van der Waals surface area contributed by atoms with Gasteiger partial charge >= 0.3 is 5.97 Å². The second-order valence-electron chi connectivity index (χ2n) is 3.13. The number of carbonyl (C=O) groups is 2. The van der Waals surface area contributed by atoms with Gasteiger partial charge in [-0.1, -0.05) is 0 Å². The van der Waals surface area contributed by atoms with Crippen LogP contribution in [0.25, 0.3) is 0 Å². The fourth-order valence-electron chi connectivity index (χ4n) is 1.08. The van der Waals surface area contributed by atoms with E-state index in [0.29, 0.717) is 4.88 Å². The Labute approximate surface area is 101 Å². The van der Waals surface area contributed by atoms with Crippen LogP contribution in [0.15, 0.2) is 11.0 Å².